The Kier molecular flexibility index (Phi) is 5.17. The van der Waals surface area contributed by atoms with Crippen LogP contribution in [0.15, 0.2) is 158 Å². The molecule has 4 heterocycles. The number of nitrogens with zero attached hydrogens (tertiary/aromatic N) is 3. The average molecular weight is 610 g/mol. The second kappa shape index (κ2) is 9.60. The summed E-state index contributed by atoms with van der Waals surface area (Å²) in [5.74, 6) is 0.151. The zero-order valence-electron chi connectivity index (χ0n) is 25.9. The first-order valence-electron chi connectivity index (χ1n) is 16.5. The molecule has 3 nitrogen and oxygen atoms in total. The van der Waals surface area contributed by atoms with E-state index in [0.29, 0.717) is 0 Å². The fourth-order valence-corrected chi connectivity index (χ4v) is 8.58. The maximum atomic E-state index is 4.44. The third-order valence-corrected chi connectivity index (χ3v) is 10.6. The zero-order valence-corrected chi connectivity index (χ0v) is 25.9. The van der Waals surface area contributed by atoms with Crippen molar-refractivity contribution >= 4 is 48.9 Å². The number of aromatic nitrogens is 3. The van der Waals surface area contributed by atoms with Crippen LogP contribution in [0.25, 0.3) is 82.2 Å². The summed E-state index contributed by atoms with van der Waals surface area (Å²) in [5, 5.41) is 7.74. The van der Waals surface area contributed by atoms with Gasteiger partial charge in [0.05, 0.1) is 16.6 Å². The van der Waals surface area contributed by atoms with E-state index in [0.717, 1.165) is 0 Å². The topological polar surface area (TPSA) is 30.2 Å². The zero-order chi connectivity index (χ0) is 31.3. The Morgan fingerprint density at radius 1 is 0.417 bits per heavy atom. The second-order valence-electron chi connectivity index (χ2n) is 13.0. The molecule has 4 aromatic heterocycles. The smallest absolute Gasteiger partial charge is 0.0620 e. The minimum absolute atomic E-state index is 0.151. The summed E-state index contributed by atoms with van der Waals surface area (Å²) in [6.07, 6.45) is 7.76. The third kappa shape index (κ3) is 3.42. The first kappa shape index (κ1) is 25.8. The van der Waals surface area contributed by atoms with Gasteiger partial charge in [-0.3, -0.25) is 9.97 Å². The van der Waals surface area contributed by atoms with Crippen molar-refractivity contribution in [2.45, 2.75) is 5.92 Å². The monoisotopic (exact) mass is 609 g/mol. The van der Waals surface area contributed by atoms with Crippen LogP contribution in [0.2, 0.25) is 0 Å². The van der Waals surface area contributed by atoms with Gasteiger partial charge in [0.2, 0.25) is 0 Å². The average Bonchev–Trinajstić information content (AvgIpc) is 3.79. The van der Waals surface area contributed by atoms with E-state index >= 15 is 0 Å². The van der Waals surface area contributed by atoms with Crippen molar-refractivity contribution in [3.05, 3.63) is 175 Å². The van der Waals surface area contributed by atoms with E-state index in [1.54, 1.807) is 0 Å². The summed E-state index contributed by atoms with van der Waals surface area (Å²) in [6.45, 7) is 0. The number of rotatable bonds is 3. The minimum Gasteiger partial charge on any atom is -0.308 e. The molecule has 0 bridgehead atoms. The standard InChI is InChI=1S/C45H27N3/c1-2-10-33-31(28-15-16-35-39-13-6-12-38-34-11-3-4-14-42(34)48(45(38)39)43(35)24-28)18-17-30(32(33)9-1)27-7-5-8-29(23-27)44-36-19-21-46-25-40(36)41-26-47-22-20-37(41)44/h1-26,44H. The summed E-state index contributed by atoms with van der Waals surface area (Å²) < 4.78 is 2.46. The highest BCUT2D eigenvalue weighted by atomic mass is 14.9. The molecular weight excluding hydrogens is 583 g/mol. The molecule has 3 heteroatoms. The van der Waals surface area contributed by atoms with Crippen LogP contribution in [0.4, 0.5) is 0 Å². The molecule has 0 unspecified atom stereocenters. The van der Waals surface area contributed by atoms with E-state index in [1.807, 2.05) is 24.8 Å². The van der Waals surface area contributed by atoms with Crippen molar-refractivity contribution in [1.29, 1.82) is 0 Å². The Hall–Kier alpha value is -6.32. The van der Waals surface area contributed by atoms with Crippen molar-refractivity contribution in [2.24, 2.45) is 0 Å². The predicted octanol–water partition coefficient (Wildman–Crippen LogP) is 11.3. The van der Waals surface area contributed by atoms with Gasteiger partial charge in [0, 0.05) is 63.4 Å². The second-order valence-corrected chi connectivity index (χ2v) is 13.0. The van der Waals surface area contributed by atoms with Crippen LogP contribution in [0.3, 0.4) is 0 Å². The van der Waals surface area contributed by atoms with E-state index in [-0.39, 0.29) is 5.92 Å². The van der Waals surface area contributed by atoms with Crippen LogP contribution in [-0.2, 0) is 0 Å². The summed E-state index contributed by atoms with van der Waals surface area (Å²) in [7, 11) is 0. The molecule has 48 heavy (non-hydrogen) atoms. The largest absolute Gasteiger partial charge is 0.308 e. The van der Waals surface area contributed by atoms with Crippen LogP contribution >= 0.6 is 0 Å². The molecule has 0 fully saturated rings. The molecule has 0 spiro atoms. The van der Waals surface area contributed by atoms with Gasteiger partial charge in [-0.15, -0.1) is 0 Å². The maximum absolute atomic E-state index is 4.44. The number of para-hydroxylation sites is 2. The van der Waals surface area contributed by atoms with Crippen LogP contribution < -0.4 is 0 Å². The molecule has 222 valence electrons. The normalized spacial score (nSPS) is 12.9. The fourth-order valence-electron chi connectivity index (χ4n) is 8.58. The van der Waals surface area contributed by atoms with E-state index in [9.17, 15) is 0 Å². The summed E-state index contributed by atoms with van der Waals surface area (Å²) in [4.78, 5) is 8.87. The number of pyridine rings is 2. The molecule has 0 aliphatic heterocycles. The Labute approximate surface area is 276 Å². The highest BCUT2D eigenvalue weighted by Crippen LogP contribution is 2.48. The molecule has 0 saturated heterocycles. The number of benzene rings is 6. The van der Waals surface area contributed by atoms with Gasteiger partial charge in [-0.25, -0.2) is 0 Å². The maximum Gasteiger partial charge on any atom is 0.0620 e. The Balaban J connectivity index is 1.08. The van der Waals surface area contributed by atoms with Gasteiger partial charge in [0.1, 0.15) is 0 Å². The Morgan fingerprint density at radius 3 is 1.71 bits per heavy atom. The van der Waals surface area contributed by atoms with Crippen molar-refractivity contribution in [3.8, 4) is 33.4 Å². The predicted molar refractivity (Wildman–Crippen MR) is 198 cm³/mol. The van der Waals surface area contributed by atoms with Gasteiger partial charge in [-0.1, -0.05) is 109 Å². The summed E-state index contributed by atoms with van der Waals surface area (Å²) in [6, 6.07) is 49.4. The number of hydrogen-bond acceptors (Lipinski definition) is 2. The lowest BCUT2D eigenvalue weighted by atomic mass is 9.87. The van der Waals surface area contributed by atoms with Gasteiger partial charge >= 0.3 is 0 Å². The highest BCUT2D eigenvalue weighted by molar-refractivity contribution is 6.23. The molecule has 0 saturated carbocycles. The lowest BCUT2D eigenvalue weighted by molar-refractivity contribution is 1.01. The molecule has 0 atom stereocenters. The van der Waals surface area contributed by atoms with Crippen molar-refractivity contribution in [1.82, 2.24) is 14.4 Å². The molecule has 0 amide bonds. The minimum atomic E-state index is 0.151. The molecule has 1 aliphatic carbocycles. The lowest BCUT2D eigenvalue weighted by Gasteiger charge is -2.17. The van der Waals surface area contributed by atoms with Crippen molar-refractivity contribution in [2.75, 3.05) is 0 Å². The highest BCUT2D eigenvalue weighted by Gasteiger charge is 2.30. The van der Waals surface area contributed by atoms with Crippen molar-refractivity contribution < 1.29 is 0 Å². The SMILES string of the molecule is c1cc(-c2ccc(-c3ccc4c5cccc6c7ccccc7n(c4c3)c65)c3ccccc23)cc(C2c3ccncc3-c3cnccc32)c1. The number of fused-ring (bicyclic) bond motifs is 10. The van der Waals surface area contributed by atoms with Crippen LogP contribution in [0.5, 0.6) is 0 Å². The Morgan fingerprint density at radius 2 is 1.00 bits per heavy atom. The number of hydrogen-bond donors (Lipinski definition) is 0. The van der Waals surface area contributed by atoms with Crippen molar-refractivity contribution in [3.63, 3.8) is 0 Å². The van der Waals surface area contributed by atoms with E-state index in [1.165, 1.54) is 98.9 Å². The first-order chi connectivity index (χ1) is 23.8. The van der Waals surface area contributed by atoms with Gasteiger partial charge in [0.25, 0.3) is 0 Å². The molecule has 11 rings (SSSR count). The summed E-state index contributed by atoms with van der Waals surface area (Å²) >= 11 is 0. The van der Waals surface area contributed by atoms with Crippen LogP contribution in [-0.4, -0.2) is 14.4 Å². The lowest BCUT2D eigenvalue weighted by Crippen LogP contribution is -1.99. The van der Waals surface area contributed by atoms with Gasteiger partial charge in [-0.2, -0.15) is 0 Å². The molecule has 0 radical (unpaired) electrons. The first-order valence-corrected chi connectivity index (χ1v) is 16.5. The molecule has 10 aromatic rings. The van der Waals surface area contributed by atoms with E-state index in [2.05, 4.69) is 148 Å². The molecule has 0 N–H and O–H groups in total. The third-order valence-electron chi connectivity index (χ3n) is 10.6. The van der Waals surface area contributed by atoms with E-state index in [4.69, 9.17) is 0 Å². The van der Waals surface area contributed by atoms with Gasteiger partial charge in [0.15, 0.2) is 0 Å². The molecule has 1 aliphatic rings. The molecule has 6 aromatic carbocycles. The summed E-state index contributed by atoms with van der Waals surface area (Å²) in [5.41, 5.74) is 15.0. The van der Waals surface area contributed by atoms with Gasteiger partial charge < -0.3 is 4.40 Å². The molecular formula is C45H27N3. The quantitative estimate of drug-likeness (QED) is 0.199. The Bertz CT molecular complexity index is 2870. The van der Waals surface area contributed by atoms with Gasteiger partial charge in [-0.05, 0) is 74.0 Å². The fraction of sp³-hybridized carbons (Fsp3) is 0.0222. The van der Waals surface area contributed by atoms with Crippen LogP contribution in [0, 0.1) is 0 Å². The van der Waals surface area contributed by atoms with E-state index < -0.39 is 0 Å². The van der Waals surface area contributed by atoms with Crippen LogP contribution in [0.1, 0.15) is 22.6 Å².